The second kappa shape index (κ2) is 7.08. The fraction of sp³-hybridized carbons (Fsp3) is 1.00. The molecule has 2 N–H and O–H groups in total. The molecule has 0 spiro atoms. The minimum absolute atomic E-state index is 0.410. The maximum Gasteiger partial charge on any atom is 0.0771 e. The maximum atomic E-state index is 10.6. The van der Waals surface area contributed by atoms with Crippen molar-refractivity contribution >= 4 is 0 Å². The topological polar surface area (TPSA) is 32.3 Å². The lowest BCUT2D eigenvalue weighted by Crippen LogP contribution is -2.47. The van der Waals surface area contributed by atoms with Crippen LogP contribution >= 0.6 is 0 Å². The molecule has 0 aromatic carbocycles. The highest BCUT2D eigenvalue weighted by atomic mass is 16.3. The van der Waals surface area contributed by atoms with Gasteiger partial charge in [-0.25, -0.2) is 0 Å². The molecule has 2 heteroatoms. The van der Waals surface area contributed by atoms with Gasteiger partial charge in [0, 0.05) is 12.6 Å². The lowest BCUT2D eigenvalue weighted by Gasteiger charge is -2.37. The smallest absolute Gasteiger partial charge is 0.0771 e. The first kappa shape index (κ1) is 15.3. The molecule has 2 aliphatic carbocycles. The molecular formula is C17H33NO. The van der Waals surface area contributed by atoms with Gasteiger partial charge in [-0.1, -0.05) is 26.7 Å². The van der Waals surface area contributed by atoms with Crippen LogP contribution in [0.1, 0.15) is 78.1 Å². The molecule has 2 nitrogen and oxygen atoms in total. The summed E-state index contributed by atoms with van der Waals surface area (Å²) in [7, 11) is 0. The van der Waals surface area contributed by atoms with Crippen LogP contribution in [0, 0.1) is 11.8 Å². The monoisotopic (exact) mass is 267 g/mol. The van der Waals surface area contributed by atoms with Gasteiger partial charge in [0.25, 0.3) is 0 Å². The number of rotatable bonds is 5. The lowest BCUT2D eigenvalue weighted by molar-refractivity contribution is -0.00939. The second-order valence-electron chi connectivity index (χ2n) is 7.29. The SMILES string of the molecule is CCCC1CCC(NCC2(O)CCC(C)CC2)CC1. The summed E-state index contributed by atoms with van der Waals surface area (Å²) in [6.07, 6.45) is 12.5. The summed E-state index contributed by atoms with van der Waals surface area (Å²) in [4.78, 5) is 0. The summed E-state index contributed by atoms with van der Waals surface area (Å²) in [5.41, 5.74) is -0.410. The van der Waals surface area contributed by atoms with Gasteiger partial charge in [0.2, 0.25) is 0 Å². The predicted molar refractivity (Wildman–Crippen MR) is 81.2 cm³/mol. The van der Waals surface area contributed by atoms with E-state index in [0.717, 1.165) is 31.2 Å². The third-order valence-electron chi connectivity index (χ3n) is 5.47. The van der Waals surface area contributed by atoms with Crippen LogP contribution in [0.5, 0.6) is 0 Å². The normalized spacial score (nSPS) is 40.3. The van der Waals surface area contributed by atoms with Crippen LogP contribution in [-0.2, 0) is 0 Å². The van der Waals surface area contributed by atoms with E-state index in [9.17, 15) is 5.11 Å². The molecule has 0 aromatic heterocycles. The van der Waals surface area contributed by atoms with Gasteiger partial charge < -0.3 is 10.4 Å². The van der Waals surface area contributed by atoms with Crippen LogP contribution in [-0.4, -0.2) is 23.3 Å². The predicted octanol–water partition coefficient (Wildman–Crippen LogP) is 3.88. The Bertz CT molecular complexity index is 250. The molecule has 0 heterocycles. The quantitative estimate of drug-likeness (QED) is 0.792. The zero-order valence-corrected chi connectivity index (χ0v) is 13.0. The van der Waals surface area contributed by atoms with Crippen molar-refractivity contribution in [1.29, 1.82) is 0 Å². The van der Waals surface area contributed by atoms with Crippen molar-refractivity contribution in [3.8, 4) is 0 Å². The van der Waals surface area contributed by atoms with Crippen molar-refractivity contribution in [2.75, 3.05) is 6.54 Å². The molecule has 2 rings (SSSR count). The zero-order valence-electron chi connectivity index (χ0n) is 13.0. The van der Waals surface area contributed by atoms with Crippen molar-refractivity contribution in [3.05, 3.63) is 0 Å². The van der Waals surface area contributed by atoms with Crippen molar-refractivity contribution in [2.24, 2.45) is 11.8 Å². The Labute approximate surface area is 119 Å². The Morgan fingerprint density at radius 2 is 1.68 bits per heavy atom. The number of nitrogens with one attached hydrogen (secondary N) is 1. The Kier molecular flexibility index (Phi) is 5.70. The number of hydrogen-bond acceptors (Lipinski definition) is 2. The summed E-state index contributed by atoms with van der Waals surface area (Å²) >= 11 is 0. The molecule has 0 aliphatic heterocycles. The Hall–Kier alpha value is -0.0800. The average Bonchev–Trinajstić information content (AvgIpc) is 2.42. The molecule has 19 heavy (non-hydrogen) atoms. The maximum absolute atomic E-state index is 10.6. The minimum Gasteiger partial charge on any atom is -0.389 e. The largest absolute Gasteiger partial charge is 0.389 e. The fourth-order valence-corrected chi connectivity index (χ4v) is 3.87. The van der Waals surface area contributed by atoms with Gasteiger partial charge in [0.05, 0.1) is 5.60 Å². The second-order valence-corrected chi connectivity index (χ2v) is 7.29. The average molecular weight is 267 g/mol. The molecule has 0 radical (unpaired) electrons. The zero-order chi connectivity index (χ0) is 13.7. The van der Waals surface area contributed by atoms with Crippen molar-refractivity contribution < 1.29 is 5.11 Å². The van der Waals surface area contributed by atoms with E-state index in [2.05, 4.69) is 19.2 Å². The van der Waals surface area contributed by atoms with Gasteiger partial charge in [-0.2, -0.15) is 0 Å². The molecule has 112 valence electrons. The van der Waals surface area contributed by atoms with E-state index in [1.165, 1.54) is 51.4 Å². The Morgan fingerprint density at radius 3 is 2.26 bits per heavy atom. The van der Waals surface area contributed by atoms with Crippen LogP contribution in [0.15, 0.2) is 0 Å². The van der Waals surface area contributed by atoms with Gasteiger partial charge in [-0.3, -0.25) is 0 Å². The fourth-order valence-electron chi connectivity index (χ4n) is 3.87. The summed E-state index contributed by atoms with van der Waals surface area (Å²) in [5, 5.41) is 14.3. The van der Waals surface area contributed by atoms with Crippen LogP contribution in [0.4, 0.5) is 0 Å². The van der Waals surface area contributed by atoms with Gasteiger partial charge in [0.1, 0.15) is 0 Å². The molecule has 0 aromatic rings. The van der Waals surface area contributed by atoms with Crippen LogP contribution in [0.3, 0.4) is 0 Å². The Balaban J connectivity index is 1.66. The van der Waals surface area contributed by atoms with Gasteiger partial charge in [0.15, 0.2) is 0 Å². The Morgan fingerprint density at radius 1 is 1.05 bits per heavy atom. The molecule has 2 fully saturated rings. The summed E-state index contributed by atoms with van der Waals surface area (Å²) in [5.74, 6) is 1.78. The minimum atomic E-state index is -0.410. The first-order chi connectivity index (χ1) is 9.11. The number of aliphatic hydroxyl groups is 1. The van der Waals surface area contributed by atoms with E-state index < -0.39 is 5.60 Å². The van der Waals surface area contributed by atoms with Crippen molar-refractivity contribution in [2.45, 2.75) is 89.7 Å². The van der Waals surface area contributed by atoms with E-state index in [4.69, 9.17) is 0 Å². The third-order valence-corrected chi connectivity index (χ3v) is 5.47. The molecule has 0 bridgehead atoms. The molecule has 0 amide bonds. The van der Waals surface area contributed by atoms with Gasteiger partial charge in [-0.05, 0) is 63.2 Å². The van der Waals surface area contributed by atoms with E-state index in [0.29, 0.717) is 6.04 Å². The third kappa shape index (κ3) is 4.75. The lowest BCUT2D eigenvalue weighted by atomic mass is 9.79. The van der Waals surface area contributed by atoms with Crippen molar-refractivity contribution in [3.63, 3.8) is 0 Å². The number of hydrogen-bond donors (Lipinski definition) is 2. The van der Waals surface area contributed by atoms with Gasteiger partial charge >= 0.3 is 0 Å². The summed E-state index contributed by atoms with van der Waals surface area (Å²) in [6.45, 7) is 5.43. The van der Waals surface area contributed by atoms with Crippen LogP contribution in [0.2, 0.25) is 0 Å². The van der Waals surface area contributed by atoms with Crippen LogP contribution < -0.4 is 5.32 Å². The highest BCUT2D eigenvalue weighted by Crippen LogP contribution is 2.32. The van der Waals surface area contributed by atoms with Gasteiger partial charge in [-0.15, -0.1) is 0 Å². The highest BCUT2D eigenvalue weighted by molar-refractivity contribution is 4.88. The van der Waals surface area contributed by atoms with E-state index in [-0.39, 0.29) is 0 Å². The van der Waals surface area contributed by atoms with E-state index >= 15 is 0 Å². The molecule has 0 atom stereocenters. The summed E-state index contributed by atoms with van der Waals surface area (Å²) in [6, 6.07) is 0.663. The molecule has 0 saturated heterocycles. The van der Waals surface area contributed by atoms with E-state index in [1.807, 2.05) is 0 Å². The standard InChI is InChI=1S/C17H33NO/c1-3-4-15-5-7-16(8-6-15)18-13-17(19)11-9-14(2)10-12-17/h14-16,18-19H,3-13H2,1-2H3. The highest BCUT2D eigenvalue weighted by Gasteiger charge is 2.32. The molecule has 2 aliphatic rings. The molecule has 0 unspecified atom stereocenters. The summed E-state index contributed by atoms with van der Waals surface area (Å²) < 4.78 is 0. The van der Waals surface area contributed by atoms with E-state index in [1.54, 1.807) is 0 Å². The molecular weight excluding hydrogens is 234 g/mol. The van der Waals surface area contributed by atoms with Crippen LogP contribution in [0.25, 0.3) is 0 Å². The first-order valence-corrected chi connectivity index (χ1v) is 8.57. The van der Waals surface area contributed by atoms with Crippen molar-refractivity contribution in [1.82, 2.24) is 5.32 Å². The molecule has 2 saturated carbocycles. The first-order valence-electron chi connectivity index (χ1n) is 8.57.